The van der Waals surface area contributed by atoms with E-state index >= 15 is 0 Å². The van der Waals surface area contributed by atoms with Crippen molar-refractivity contribution in [3.63, 3.8) is 0 Å². The van der Waals surface area contributed by atoms with Crippen LogP contribution in [0.5, 0.6) is 11.5 Å². The molecule has 2 unspecified atom stereocenters. The van der Waals surface area contributed by atoms with Crippen molar-refractivity contribution in [2.75, 3.05) is 21.3 Å². The predicted molar refractivity (Wildman–Crippen MR) is 104 cm³/mol. The molecule has 142 valence electrons. The minimum absolute atomic E-state index is 0. The quantitative estimate of drug-likeness (QED) is 0.824. The fraction of sp³-hybridized carbons (Fsp3) is 0.368. The summed E-state index contributed by atoms with van der Waals surface area (Å²) < 4.78 is 10.7. The summed E-state index contributed by atoms with van der Waals surface area (Å²) in [7, 11) is 4.99. The molecule has 2 atom stereocenters. The highest BCUT2D eigenvalue weighted by Crippen LogP contribution is 2.29. The zero-order chi connectivity index (χ0) is 18.4. The van der Waals surface area contributed by atoms with Gasteiger partial charge < -0.3 is 19.7 Å². The maximum atomic E-state index is 12.6. The number of nitrogens with one attached hydrogen (secondary N) is 1. The molecule has 0 aliphatic rings. The molecule has 0 saturated heterocycles. The molecule has 0 aliphatic heterocycles. The molecule has 0 fully saturated rings. The lowest BCUT2D eigenvalue weighted by Crippen LogP contribution is -2.40. The Balaban J connectivity index is 0.00000338. The monoisotopic (exact) mass is 379 g/mol. The minimum atomic E-state index is -0.232. The Morgan fingerprint density at radius 1 is 1.12 bits per heavy atom. The van der Waals surface area contributed by atoms with Crippen molar-refractivity contribution in [2.45, 2.75) is 25.9 Å². The van der Waals surface area contributed by atoms with Gasteiger partial charge in [-0.2, -0.15) is 0 Å². The van der Waals surface area contributed by atoms with Crippen LogP contribution in [0.15, 0.2) is 42.7 Å². The van der Waals surface area contributed by atoms with Crippen LogP contribution >= 0.6 is 12.4 Å². The highest BCUT2D eigenvalue weighted by Gasteiger charge is 2.21. The number of rotatable bonds is 6. The van der Waals surface area contributed by atoms with Crippen molar-refractivity contribution in [3.05, 3.63) is 53.9 Å². The Labute approximate surface area is 160 Å². The van der Waals surface area contributed by atoms with Gasteiger partial charge in [-0.1, -0.05) is 0 Å². The van der Waals surface area contributed by atoms with Crippen LogP contribution in [0.25, 0.3) is 0 Å². The summed E-state index contributed by atoms with van der Waals surface area (Å²) in [4.78, 5) is 18.3. The SMILES string of the molecule is COc1ccc(OC)c(C(C)NC(=O)N(C)C(C)c2ccncc2)c1.Cl. The number of amides is 2. The summed E-state index contributed by atoms with van der Waals surface area (Å²) in [6.07, 6.45) is 3.45. The first-order valence-electron chi connectivity index (χ1n) is 8.13. The molecule has 7 heteroatoms. The third kappa shape index (κ3) is 5.02. The summed E-state index contributed by atoms with van der Waals surface area (Å²) in [5.41, 5.74) is 1.89. The van der Waals surface area contributed by atoms with Gasteiger partial charge in [0.1, 0.15) is 11.5 Å². The normalized spacial score (nSPS) is 12.3. The van der Waals surface area contributed by atoms with E-state index in [2.05, 4.69) is 10.3 Å². The van der Waals surface area contributed by atoms with Crippen molar-refractivity contribution in [1.29, 1.82) is 0 Å². The van der Waals surface area contributed by atoms with Crippen LogP contribution in [-0.2, 0) is 0 Å². The Kier molecular flexibility index (Phi) is 8.19. The molecule has 1 aromatic carbocycles. The van der Waals surface area contributed by atoms with Crippen LogP contribution in [0.1, 0.15) is 37.1 Å². The third-order valence-corrected chi connectivity index (χ3v) is 4.33. The van der Waals surface area contributed by atoms with Gasteiger partial charge in [0.2, 0.25) is 0 Å². The number of carbonyl (C=O) groups is 1. The van der Waals surface area contributed by atoms with Crippen LogP contribution in [0.4, 0.5) is 4.79 Å². The number of urea groups is 1. The first-order chi connectivity index (χ1) is 12.0. The second-order valence-electron chi connectivity index (χ2n) is 5.85. The van der Waals surface area contributed by atoms with Gasteiger partial charge in [-0.25, -0.2) is 4.79 Å². The standard InChI is InChI=1S/C19H25N3O3.ClH/c1-13(17-12-16(24-4)6-7-18(17)25-5)21-19(23)22(3)14(2)15-8-10-20-11-9-15;/h6-14H,1-5H3,(H,21,23);1H. The van der Waals surface area contributed by atoms with Crippen molar-refractivity contribution >= 4 is 18.4 Å². The molecular weight excluding hydrogens is 354 g/mol. The number of hydrogen-bond acceptors (Lipinski definition) is 4. The number of nitrogens with zero attached hydrogens (tertiary/aromatic N) is 2. The lowest BCUT2D eigenvalue weighted by atomic mass is 10.1. The molecule has 0 aliphatic carbocycles. The summed E-state index contributed by atoms with van der Waals surface area (Å²) in [5, 5.41) is 3.01. The molecule has 0 saturated carbocycles. The smallest absolute Gasteiger partial charge is 0.318 e. The highest BCUT2D eigenvalue weighted by molar-refractivity contribution is 5.85. The molecular formula is C19H26ClN3O3. The molecule has 0 bridgehead atoms. The van der Waals surface area contributed by atoms with Gasteiger partial charge >= 0.3 is 6.03 Å². The van der Waals surface area contributed by atoms with E-state index in [1.165, 1.54) is 0 Å². The second-order valence-corrected chi connectivity index (χ2v) is 5.85. The molecule has 6 nitrogen and oxygen atoms in total. The molecule has 0 spiro atoms. The minimum Gasteiger partial charge on any atom is -0.497 e. The number of methoxy groups -OCH3 is 2. The summed E-state index contributed by atoms with van der Waals surface area (Å²) in [5.74, 6) is 1.42. The first-order valence-corrected chi connectivity index (χ1v) is 8.13. The molecule has 2 rings (SSSR count). The molecule has 1 heterocycles. The summed E-state index contributed by atoms with van der Waals surface area (Å²) in [6.45, 7) is 3.89. The van der Waals surface area contributed by atoms with Gasteiger partial charge in [0, 0.05) is 25.0 Å². The zero-order valence-electron chi connectivity index (χ0n) is 15.7. The van der Waals surface area contributed by atoms with E-state index in [9.17, 15) is 4.79 Å². The van der Waals surface area contributed by atoms with Gasteiger partial charge in [0.25, 0.3) is 0 Å². The summed E-state index contributed by atoms with van der Waals surface area (Å²) in [6, 6.07) is 8.88. The molecule has 1 aromatic heterocycles. The van der Waals surface area contributed by atoms with Crippen molar-refractivity contribution in [2.24, 2.45) is 0 Å². The average Bonchev–Trinajstić information content (AvgIpc) is 2.66. The Morgan fingerprint density at radius 3 is 2.35 bits per heavy atom. The van der Waals surface area contributed by atoms with Gasteiger partial charge in [-0.3, -0.25) is 4.98 Å². The average molecular weight is 380 g/mol. The maximum Gasteiger partial charge on any atom is 0.318 e. The number of hydrogen-bond donors (Lipinski definition) is 1. The fourth-order valence-corrected chi connectivity index (χ4v) is 2.58. The van der Waals surface area contributed by atoms with Crippen LogP contribution < -0.4 is 14.8 Å². The topological polar surface area (TPSA) is 63.7 Å². The van der Waals surface area contributed by atoms with Crippen molar-refractivity contribution in [3.8, 4) is 11.5 Å². The number of aromatic nitrogens is 1. The van der Waals surface area contributed by atoms with Crippen molar-refractivity contribution in [1.82, 2.24) is 15.2 Å². The van der Waals surface area contributed by atoms with E-state index in [1.54, 1.807) is 38.6 Å². The number of ether oxygens (including phenoxy) is 2. The van der Waals surface area contributed by atoms with E-state index in [0.29, 0.717) is 5.75 Å². The molecule has 2 amide bonds. The van der Waals surface area contributed by atoms with Crippen molar-refractivity contribution < 1.29 is 14.3 Å². The molecule has 1 N–H and O–H groups in total. The highest BCUT2D eigenvalue weighted by atomic mass is 35.5. The van der Waals surface area contributed by atoms with Gasteiger partial charge in [-0.15, -0.1) is 12.4 Å². The molecule has 2 aromatic rings. The van der Waals surface area contributed by atoms with Crippen LogP contribution in [0, 0.1) is 0 Å². The van der Waals surface area contributed by atoms with Gasteiger partial charge in [-0.05, 0) is 49.7 Å². The number of benzene rings is 1. The largest absolute Gasteiger partial charge is 0.497 e. The maximum absolute atomic E-state index is 12.6. The zero-order valence-corrected chi connectivity index (χ0v) is 16.5. The lowest BCUT2D eigenvalue weighted by molar-refractivity contribution is 0.191. The van der Waals surface area contributed by atoms with Crippen LogP contribution in [0.2, 0.25) is 0 Å². The fourth-order valence-electron chi connectivity index (χ4n) is 2.58. The third-order valence-electron chi connectivity index (χ3n) is 4.33. The molecule has 0 radical (unpaired) electrons. The number of pyridine rings is 1. The molecule has 26 heavy (non-hydrogen) atoms. The van der Waals surface area contributed by atoms with E-state index in [0.717, 1.165) is 16.9 Å². The van der Waals surface area contributed by atoms with Gasteiger partial charge in [0.05, 0.1) is 26.3 Å². The van der Waals surface area contributed by atoms with Crippen LogP contribution in [0.3, 0.4) is 0 Å². The second kappa shape index (κ2) is 9.87. The van der Waals surface area contributed by atoms with Gasteiger partial charge in [0.15, 0.2) is 0 Å². The predicted octanol–water partition coefficient (Wildman–Crippen LogP) is 3.98. The number of carbonyl (C=O) groups excluding carboxylic acids is 1. The summed E-state index contributed by atoms with van der Waals surface area (Å²) >= 11 is 0. The lowest BCUT2D eigenvalue weighted by Gasteiger charge is -2.28. The Hall–Kier alpha value is -2.47. The van der Waals surface area contributed by atoms with E-state index in [4.69, 9.17) is 9.47 Å². The van der Waals surface area contributed by atoms with Crippen LogP contribution in [-0.4, -0.2) is 37.2 Å². The Bertz CT molecular complexity index is 712. The number of halogens is 1. The van der Waals surface area contributed by atoms with E-state index in [1.807, 2.05) is 44.2 Å². The van der Waals surface area contributed by atoms with E-state index in [-0.39, 0.29) is 30.5 Å². The Morgan fingerprint density at radius 2 is 1.77 bits per heavy atom. The first kappa shape index (κ1) is 21.6. The van der Waals surface area contributed by atoms with E-state index < -0.39 is 0 Å².